The van der Waals surface area contributed by atoms with E-state index in [-0.39, 0.29) is 5.91 Å². The van der Waals surface area contributed by atoms with E-state index < -0.39 is 0 Å². The van der Waals surface area contributed by atoms with Crippen LogP contribution in [0.25, 0.3) is 11.3 Å². The van der Waals surface area contributed by atoms with Crippen LogP contribution in [0.2, 0.25) is 0 Å². The van der Waals surface area contributed by atoms with E-state index >= 15 is 0 Å². The Labute approximate surface area is 162 Å². The highest BCUT2D eigenvalue weighted by molar-refractivity contribution is 7.10. The number of hydrogen-bond acceptors (Lipinski definition) is 5. The number of amides is 1. The fourth-order valence-corrected chi connectivity index (χ4v) is 4.22. The normalized spacial score (nSPS) is 14.7. The van der Waals surface area contributed by atoms with Crippen LogP contribution < -0.4 is 0 Å². The summed E-state index contributed by atoms with van der Waals surface area (Å²) < 4.78 is 13.0. The molecule has 0 N–H and O–H groups in total. The van der Waals surface area contributed by atoms with E-state index in [4.69, 9.17) is 14.1 Å². The molecule has 0 saturated carbocycles. The van der Waals surface area contributed by atoms with Crippen LogP contribution in [-0.4, -0.2) is 46.7 Å². The van der Waals surface area contributed by atoms with Crippen molar-refractivity contribution in [2.45, 2.75) is 26.8 Å². The van der Waals surface area contributed by atoms with Crippen LogP contribution in [0.15, 0.2) is 34.3 Å². The molecule has 27 heavy (non-hydrogen) atoms. The van der Waals surface area contributed by atoms with Crippen molar-refractivity contribution in [3.05, 3.63) is 52.0 Å². The van der Waals surface area contributed by atoms with Crippen molar-refractivity contribution in [2.24, 2.45) is 0 Å². The van der Waals surface area contributed by atoms with Gasteiger partial charge in [0.05, 0.1) is 38.1 Å². The van der Waals surface area contributed by atoms with Gasteiger partial charge >= 0.3 is 0 Å². The van der Waals surface area contributed by atoms with Gasteiger partial charge in [-0.3, -0.25) is 4.79 Å². The highest BCUT2D eigenvalue weighted by Crippen LogP contribution is 2.29. The number of aromatic nitrogens is 2. The summed E-state index contributed by atoms with van der Waals surface area (Å²) >= 11 is 1.55. The van der Waals surface area contributed by atoms with E-state index in [1.807, 2.05) is 22.4 Å². The largest absolute Gasteiger partial charge is 0.467 e. The maximum absolute atomic E-state index is 12.4. The summed E-state index contributed by atoms with van der Waals surface area (Å²) in [7, 11) is 0. The molecule has 0 aromatic carbocycles. The maximum atomic E-state index is 12.4. The van der Waals surface area contributed by atoms with Gasteiger partial charge in [0.1, 0.15) is 10.8 Å². The molecule has 1 aliphatic rings. The van der Waals surface area contributed by atoms with Gasteiger partial charge in [-0.15, -0.1) is 11.3 Å². The van der Waals surface area contributed by atoms with Gasteiger partial charge in [-0.2, -0.15) is 0 Å². The lowest BCUT2D eigenvalue weighted by Crippen LogP contribution is -2.41. The molecule has 7 heteroatoms. The number of aryl methyl sites for hydroxylation is 1. The molecular weight excluding hydrogens is 362 g/mol. The standard InChI is InChI=1S/C20H23N3O3S/c1-14-10-17(15(2)23(14)12-16-4-3-7-26-16)18-13-27-19(21-18)11-20(24)22-5-8-25-9-6-22/h3-4,7,10,13H,5-6,8-9,11-12H2,1-2H3. The molecule has 0 aliphatic carbocycles. The van der Waals surface area contributed by atoms with Crippen LogP contribution in [0.5, 0.6) is 0 Å². The number of carbonyl (C=O) groups is 1. The number of nitrogens with zero attached hydrogens (tertiary/aromatic N) is 3. The van der Waals surface area contributed by atoms with Crippen LogP contribution in [0, 0.1) is 13.8 Å². The summed E-state index contributed by atoms with van der Waals surface area (Å²) in [6.45, 7) is 7.48. The van der Waals surface area contributed by atoms with E-state index in [1.54, 1.807) is 17.6 Å². The Morgan fingerprint density at radius 2 is 2.11 bits per heavy atom. The number of thiazole rings is 1. The monoisotopic (exact) mass is 385 g/mol. The Morgan fingerprint density at radius 3 is 2.85 bits per heavy atom. The second kappa shape index (κ2) is 7.70. The Morgan fingerprint density at radius 1 is 1.30 bits per heavy atom. The van der Waals surface area contributed by atoms with Crippen molar-refractivity contribution < 1.29 is 13.9 Å². The maximum Gasteiger partial charge on any atom is 0.229 e. The average Bonchev–Trinajstić information content (AvgIpc) is 3.41. The van der Waals surface area contributed by atoms with Gasteiger partial charge in [0.2, 0.25) is 5.91 Å². The van der Waals surface area contributed by atoms with Crippen LogP contribution in [0.3, 0.4) is 0 Å². The molecule has 1 amide bonds. The first-order valence-corrected chi connectivity index (χ1v) is 9.99. The molecule has 1 saturated heterocycles. The van der Waals surface area contributed by atoms with E-state index in [2.05, 4.69) is 24.5 Å². The molecule has 142 valence electrons. The molecule has 0 radical (unpaired) electrons. The van der Waals surface area contributed by atoms with Crippen LogP contribution >= 0.6 is 11.3 Å². The van der Waals surface area contributed by atoms with Crippen molar-refractivity contribution in [2.75, 3.05) is 26.3 Å². The predicted octanol–water partition coefficient (Wildman–Crippen LogP) is 3.27. The lowest BCUT2D eigenvalue weighted by molar-refractivity contribution is -0.134. The third kappa shape index (κ3) is 3.84. The van der Waals surface area contributed by atoms with E-state index in [0.717, 1.165) is 33.4 Å². The molecule has 0 bridgehead atoms. The van der Waals surface area contributed by atoms with Crippen molar-refractivity contribution >= 4 is 17.2 Å². The minimum Gasteiger partial charge on any atom is -0.467 e. The Kier molecular flexibility index (Phi) is 5.13. The SMILES string of the molecule is Cc1cc(-c2csc(CC(=O)N3CCOCC3)n2)c(C)n1Cc1ccco1. The quantitative estimate of drug-likeness (QED) is 0.676. The van der Waals surface area contributed by atoms with Crippen molar-refractivity contribution in [1.29, 1.82) is 0 Å². The minimum atomic E-state index is 0.127. The van der Waals surface area contributed by atoms with Crippen molar-refractivity contribution in [3.63, 3.8) is 0 Å². The summed E-state index contributed by atoms with van der Waals surface area (Å²) in [4.78, 5) is 19.0. The lowest BCUT2D eigenvalue weighted by Gasteiger charge is -2.26. The Balaban J connectivity index is 1.50. The fourth-order valence-electron chi connectivity index (χ4n) is 3.43. The minimum absolute atomic E-state index is 0.127. The highest BCUT2D eigenvalue weighted by Gasteiger charge is 2.20. The zero-order chi connectivity index (χ0) is 18.8. The topological polar surface area (TPSA) is 60.5 Å². The van der Waals surface area contributed by atoms with Gasteiger partial charge in [-0.25, -0.2) is 4.98 Å². The Hall–Kier alpha value is -2.38. The predicted molar refractivity (Wildman–Crippen MR) is 104 cm³/mol. The molecule has 3 aromatic rings. The highest BCUT2D eigenvalue weighted by atomic mass is 32.1. The molecule has 0 spiro atoms. The van der Waals surface area contributed by atoms with E-state index in [9.17, 15) is 4.79 Å². The first kappa shape index (κ1) is 18.0. The first-order valence-electron chi connectivity index (χ1n) is 9.11. The molecule has 6 nitrogen and oxygen atoms in total. The molecule has 0 unspecified atom stereocenters. The van der Waals surface area contributed by atoms with E-state index in [1.165, 1.54) is 0 Å². The smallest absolute Gasteiger partial charge is 0.229 e. The summed E-state index contributed by atoms with van der Waals surface area (Å²) in [6.07, 6.45) is 2.05. The second-order valence-electron chi connectivity index (χ2n) is 6.75. The second-order valence-corrected chi connectivity index (χ2v) is 7.69. The van der Waals surface area contributed by atoms with Crippen molar-refractivity contribution in [3.8, 4) is 11.3 Å². The first-order chi connectivity index (χ1) is 13.1. The van der Waals surface area contributed by atoms with Crippen LogP contribution in [0.1, 0.15) is 22.2 Å². The molecule has 1 fully saturated rings. The zero-order valence-corrected chi connectivity index (χ0v) is 16.4. The summed E-state index contributed by atoms with van der Waals surface area (Å²) in [6, 6.07) is 6.04. The molecule has 3 aromatic heterocycles. The average molecular weight is 385 g/mol. The van der Waals surface area contributed by atoms with Gasteiger partial charge in [0, 0.05) is 35.4 Å². The third-order valence-corrected chi connectivity index (χ3v) is 5.81. The number of furan rings is 1. The number of morpholine rings is 1. The molecule has 4 heterocycles. The van der Waals surface area contributed by atoms with Gasteiger partial charge in [0.25, 0.3) is 0 Å². The van der Waals surface area contributed by atoms with Crippen LogP contribution in [0.4, 0.5) is 0 Å². The van der Waals surface area contributed by atoms with E-state index in [0.29, 0.717) is 39.3 Å². The summed E-state index contributed by atoms with van der Waals surface area (Å²) in [5.74, 6) is 1.06. The lowest BCUT2D eigenvalue weighted by atomic mass is 10.2. The van der Waals surface area contributed by atoms with Gasteiger partial charge in [-0.05, 0) is 32.0 Å². The fraction of sp³-hybridized carbons (Fsp3) is 0.400. The molecular formula is C20H23N3O3S. The Bertz CT molecular complexity index is 921. The molecule has 4 rings (SSSR count). The van der Waals surface area contributed by atoms with Crippen molar-refractivity contribution in [1.82, 2.24) is 14.5 Å². The summed E-state index contributed by atoms with van der Waals surface area (Å²) in [5, 5.41) is 2.90. The summed E-state index contributed by atoms with van der Waals surface area (Å²) in [5.41, 5.74) is 4.36. The third-order valence-electron chi connectivity index (χ3n) is 4.96. The van der Waals surface area contributed by atoms with Crippen LogP contribution in [-0.2, 0) is 22.5 Å². The van der Waals surface area contributed by atoms with Gasteiger partial charge in [0.15, 0.2) is 0 Å². The zero-order valence-electron chi connectivity index (χ0n) is 15.6. The number of hydrogen-bond donors (Lipinski definition) is 0. The van der Waals surface area contributed by atoms with Gasteiger partial charge < -0.3 is 18.6 Å². The molecule has 1 aliphatic heterocycles. The van der Waals surface area contributed by atoms with Gasteiger partial charge in [-0.1, -0.05) is 0 Å². The molecule has 0 atom stereocenters. The number of ether oxygens (including phenoxy) is 1. The number of rotatable bonds is 5. The number of carbonyl (C=O) groups excluding carboxylic acids is 1.